The smallest absolute Gasteiger partial charge is 0.139 e. The van der Waals surface area contributed by atoms with Crippen LogP contribution in [0.25, 0.3) is 0 Å². The van der Waals surface area contributed by atoms with E-state index in [-0.39, 0.29) is 0 Å². The zero-order chi connectivity index (χ0) is 13.0. The van der Waals surface area contributed by atoms with Gasteiger partial charge in [0.25, 0.3) is 0 Å². The van der Waals surface area contributed by atoms with Gasteiger partial charge in [0.05, 0.1) is 11.2 Å². The summed E-state index contributed by atoms with van der Waals surface area (Å²) in [7, 11) is 0. The van der Waals surface area contributed by atoms with Crippen LogP contribution in [0.1, 0.15) is 18.1 Å². The van der Waals surface area contributed by atoms with Crippen molar-refractivity contribution in [2.24, 2.45) is 0 Å². The van der Waals surface area contributed by atoms with Crippen LogP contribution >= 0.6 is 11.6 Å². The van der Waals surface area contributed by atoms with Crippen LogP contribution in [0, 0.1) is 11.3 Å². The quantitative estimate of drug-likeness (QED) is 0.850. The summed E-state index contributed by atoms with van der Waals surface area (Å²) in [5.41, 5.74) is 1.32. The topological polar surface area (TPSA) is 50.8 Å². The minimum Gasteiger partial charge on any atom is -0.487 e. The van der Waals surface area contributed by atoms with E-state index in [0.29, 0.717) is 22.9 Å². The SMILES string of the molecule is CCn1cc(COc2cccc(Cl)c2C#N)cn1. The van der Waals surface area contributed by atoms with Crippen molar-refractivity contribution in [2.75, 3.05) is 0 Å². The Bertz CT molecular complexity index is 586. The van der Waals surface area contributed by atoms with Gasteiger partial charge in [0, 0.05) is 18.3 Å². The number of nitrogens with zero attached hydrogens (tertiary/aromatic N) is 3. The number of hydrogen-bond donors (Lipinski definition) is 0. The summed E-state index contributed by atoms with van der Waals surface area (Å²) in [6, 6.07) is 7.20. The van der Waals surface area contributed by atoms with E-state index in [1.54, 1.807) is 24.4 Å². The fourth-order valence-corrected chi connectivity index (χ4v) is 1.76. The maximum Gasteiger partial charge on any atom is 0.139 e. The Balaban J connectivity index is 2.11. The average molecular weight is 262 g/mol. The maximum absolute atomic E-state index is 9.01. The predicted octanol–water partition coefficient (Wildman–Crippen LogP) is 3.01. The number of aromatic nitrogens is 2. The van der Waals surface area contributed by atoms with Gasteiger partial charge in [0.2, 0.25) is 0 Å². The molecule has 0 unspecified atom stereocenters. The zero-order valence-electron chi connectivity index (χ0n) is 9.93. The van der Waals surface area contributed by atoms with Crippen LogP contribution in [0.3, 0.4) is 0 Å². The third kappa shape index (κ3) is 2.63. The molecule has 0 saturated heterocycles. The molecule has 1 heterocycles. The van der Waals surface area contributed by atoms with Gasteiger partial charge < -0.3 is 4.74 Å². The molecule has 2 aromatic rings. The molecule has 0 N–H and O–H groups in total. The van der Waals surface area contributed by atoms with Gasteiger partial charge in [-0.1, -0.05) is 17.7 Å². The number of benzene rings is 1. The molecule has 0 amide bonds. The molecule has 92 valence electrons. The van der Waals surface area contributed by atoms with Crippen molar-refractivity contribution in [1.29, 1.82) is 5.26 Å². The summed E-state index contributed by atoms with van der Waals surface area (Å²) in [6.45, 7) is 3.21. The van der Waals surface area contributed by atoms with Crippen molar-refractivity contribution in [1.82, 2.24) is 9.78 Å². The van der Waals surface area contributed by atoms with E-state index in [1.807, 2.05) is 23.9 Å². The first-order valence-corrected chi connectivity index (χ1v) is 5.95. The first-order chi connectivity index (χ1) is 8.74. The van der Waals surface area contributed by atoms with E-state index in [2.05, 4.69) is 5.10 Å². The molecule has 0 aliphatic rings. The number of halogens is 1. The lowest BCUT2D eigenvalue weighted by Gasteiger charge is -2.07. The van der Waals surface area contributed by atoms with Gasteiger partial charge in [-0.3, -0.25) is 4.68 Å². The molecule has 1 aromatic carbocycles. The largest absolute Gasteiger partial charge is 0.487 e. The highest BCUT2D eigenvalue weighted by molar-refractivity contribution is 6.31. The third-order valence-corrected chi connectivity index (χ3v) is 2.81. The van der Waals surface area contributed by atoms with Gasteiger partial charge in [-0.25, -0.2) is 0 Å². The van der Waals surface area contributed by atoms with Gasteiger partial charge >= 0.3 is 0 Å². The van der Waals surface area contributed by atoms with E-state index >= 15 is 0 Å². The number of hydrogen-bond acceptors (Lipinski definition) is 3. The van der Waals surface area contributed by atoms with Crippen LogP contribution in [0.2, 0.25) is 5.02 Å². The molecule has 5 heteroatoms. The Kier molecular flexibility index (Phi) is 3.85. The monoisotopic (exact) mass is 261 g/mol. The Morgan fingerprint density at radius 3 is 3.00 bits per heavy atom. The van der Waals surface area contributed by atoms with E-state index in [9.17, 15) is 0 Å². The molecule has 0 spiro atoms. The summed E-state index contributed by atoms with van der Waals surface area (Å²) in [6.07, 6.45) is 3.66. The molecular weight excluding hydrogens is 250 g/mol. The van der Waals surface area contributed by atoms with E-state index in [0.717, 1.165) is 12.1 Å². The van der Waals surface area contributed by atoms with Crippen LogP contribution in [0.15, 0.2) is 30.6 Å². The van der Waals surface area contributed by atoms with Crippen molar-refractivity contribution in [3.05, 3.63) is 46.7 Å². The molecule has 4 nitrogen and oxygen atoms in total. The van der Waals surface area contributed by atoms with Crippen molar-refractivity contribution in [3.63, 3.8) is 0 Å². The van der Waals surface area contributed by atoms with Crippen LogP contribution in [-0.2, 0) is 13.2 Å². The number of rotatable bonds is 4. The molecule has 0 aliphatic carbocycles. The zero-order valence-corrected chi connectivity index (χ0v) is 10.7. The van der Waals surface area contributed by atoms with Crippen molar-refractivity contribution in [2.45, 2.75) is 20.1 Å². The van der Waals surface area contributed by atoms with Gasteiger partial charge in [0.15, 0.2) is 0 Å². The highest BCUT2D eigenvalue weighted by Gasteiger charge is 2.08. The van der Waals surface area contributed by atoms with Crippen molar-refractivity contribution >= 4 is 11.6 Å². The van der Waals surface area contributed by atoms with Gasteiger partial charge in [-0.05, 0) is 19.1 Å². The highest BCUT2D eigenvalue weighted by Crippen LogP contribution is 2.25. The predicted molar refractivity (Wildman–Crippen MR) is 68.4 cm³/mol. The summed E-state index contributed by atoms with van der Waals surface area (Å²) < 4.78 is 7.41. The van der Waals surface area contributed by atoms with Crippen LogP contribution in [-0.4, -0.2) is 9.78 Å². The second kappa shape index (κ2) is 5.56. The second-order valence-corrected chi connectivity index (χ2v) is 4.12. The molecule has 0 radical (unpaired) electrons. The minimum atomic E-state index is 0.363. The first kappa shape index (κ1) is 12.5. The maximum atomic E-state index is 9.01. The molecule has 0 atom stereocenters. The number of aryl methyl sites for hydroxylation is 1. The molecular formula is C13H12ClN3O. The fourth-order valence-electron chi connectivity index (χ4n) is 1.55. The first-order valence-electron chi connectivity index (χ1n) is 5.57. The van der Waals surface area contributed by atoms with E-state index in [1.165, 1.54) is 0 Å². The summed E-state index contributed by atoms with van der Waals surface area (Å²) in [5.74, 6) is 0.495. The average Bonchev–Trinajstić information content (AvgIpc) is 2.84. The lowest BCUT2D eigenvalue weighted by atomic mass is 10.2. The van der Waals surface area contributed by atoms with Crippen LogP contribution < -0.4 is 4.74 Å². The van der Waals surface area contributed by atoms with Crippen molar-refractivity contribution in [3.8, 4) is 11.8 Å². The molecule has 0 bridgehead atoms. The molecule has 0 saturated carbocycles. The number of nitriles is 1. The Morgan fingerprint density at radius 2 is 2.33 bits per heavy atom. The Labute approximate surface area is 110 Å². The summed E-state index contributed by atoms with van der Waals surface area (Å²) in [4.78, 5) is 0. The highest BCUT2D eigenvalue weighted by atomic mass is 35.5. The van der Waals surface area contributed by atoms with E-state index < -0.39 is 0 Å². The van der Waals surface area contributed by atoms with Gasteiger partial charge in [0.1, 0.15) is 24.0 Å². The second-order valence-electron chi connectivity index (χ2n) is 3.72. The molecule has 2 rings (SSSR count). The lowest BCUT2D eigenvalue weighted by molar-refractivity contribution is 0.305. The molecule has 1 aromatic heterocycles. The molecule has 18 heavy (non-hydrogen) atoms. The van der Waals surface area contributed by atoms with E-state index in [4.69, 9.17) is 21.6 Å². The molecule has 0 aliphatic heterocycles. The van der Waals surface area contributed by atoms with Crippen LogP contribution in [0.4, 0.5) is 0 Å². The fraction of sp³-hybridized carbons (Fsp3) is 0.231. The lowest BCUT2D eigenvalue weighted by Crippen LogP contribution is -1.97. The number of ether oxygens (including phenoxy) is 1. The third-order valence-electron chi connectivity index (χ3n) is 2.49. The van der Waals surface area contributed by atoms with Gasteiger partial charge in [-0.15, -0.1) is 0 Å². The van der Waals surface area contributed by atoms with Gasteiger partial charge in [-0.2, -0.15) is 10.4 Å². The minimum absolute atomic E-state index is 0.363. The Hall–Kier alpha value is -1.99. The Morgan fingerprint density at radius 1 is 1.50 bits per heavy atom. The van der Waals surface area contributed by atoms with Crippen LogP contribution in [0.5, 0.6) is 5.75 Å². The normalized spacial score (nSPS) is 10.1. The molecule has 0 fully saturated rings. The standard InChI is InChI=1S/C13H12ClN3O/c1-2-17-8-10(7-16-17)9-18-13-5-3-4-12(14)11(13)6-15/h3-5,7-8H,2,9H2,1H3. The summed E-state index contributed by atoms with van der Waals surface area (Å²) >= 11 is 5.92. The summed E-state index contributed by atoms with van der Waals surface area (Å²) in [5, 5.41) is 13.6. The van der Waals surface area contributed by atoms with Crippen molar-refractivity contribution < 1.29 is 4.74 Å².